The number of hydrogen-bond acceptors (Lipinski definition) is 5. The number of nitrogens with one attached hydrogen (secondary N) is 2. The number of hydrazone groups is 1. The largest absolute Gasteiger partial charge is 0.497 e. The number of rotatable bonds is 5. The van der Waals surface area contributed by atoms with Gasteiger partial charge < -0.3 is 15.8 Å². The average molecular weight is 339 g/mol. The summed E-state index contributed by atoms with van der Waals surface area (Å²) in [5.41, 5.74) is 8.63. The van der Waals surface area contributed by atoms with Crippen molar-refractivity contribution in [3.63, 3.8) is 0 Å². The lowest BCUT2D eigenvalue weighted by Crippen LogP contribution is -2.23. The summed E-state index contributed by atoms with van der Waals surface area (Å²) in [7, 11) is 1.50. The number of alkyl halides is 3. The van der Waals surface area contributed by atoms with E-state index in [2.05, 4.69) is 16.0 Å². The van der Waals surface area contributed by atoms with E-state index in [1.807, 2.05) is 0 Å². The van der Waals surface area contributed by atoms with Crippen LogP contribution < -0.4 is 27.2 Å². The Bertz CT molecular complexity index is 729. The van der Waals surface area contributed by atoms with Gasteiger partial charge >= 0.3 is 6.18 Å². The van der Waals surface area contributed by atoms with Crippen LogP contribution in [-0.4, -0.2) is 12.9 Å². The van der Waals surface area contributed by atoms with Gasteiger partial charge in [0.15, 0.2) is 5.84 Å². The number of halogens is 3. The van der Waals surface area contributed by atoms with Crippen molar-refractivity contribution in [1.82, 2.24) is 5.53 Å². The van der Waals surface area contributed by atoms with Gasteiger partial charge in [0.1, 0.15) is 5.75 Å². The monoisotopic (exact) mass is 339 g/mol. The Balaban J connectivity index is 2.35. The summed E-state index contributed by atoms with van der Waals surface area (Å²) in [6.45, 7) is 0. The van der Waals surface area contributed by atoms with Gasteiger partial charge in [-0.15, -0.1) is 5.10 Å². The number of nitrogens with zero attached hydrogens (tertiary/aromatic N) is 1. The highest BCUT2D eigenvalue weighted by atomic mass is 19.4. The van der Waals surface area contributed by atoms with Gasteiger partial charge in [0.2, 0.25) is 0 Å². The first-order valence-electron chi connectivity index (χ1n) is 6.76. The molecule has 9 heteroatoms. The standard InChI is InChI=1S/C15H16F3N5O/c1-24-11-6-7-12(14(19)22-23-20)13(8-11)21-10-4-2-9(3-5-10)15(16,17)18/h2-8,21,23H,20H2,1H3,(H2,19,22). The summed E-state index contributed by atoms with van der Waals surface area (Å²) in [6, 6.07) is 9.59. The predicted molar refractivity (Wildman–Crippen MR) is 85.8 cm³/mol. The van der Waals surface area contributed by atoms with Gasteiger partial charge in [-0.3, -0.25) is 0 Å². The van der Waals surface area contributed by atoms with Crippen LogP contribution in [0.25, 0.3) is 0 Å². The third kappa shape index (κ3) is 4.07. The Labute approximate surface area is 136 Å². The van der Waals surface area contributed by atoms with E-state index >= 15 is 0 Å². The zero-order valence-electron chi connectivity index (χ0n) is 12.7. The molecule has 6 nitrogen and oxygen atoms in total. The van der Waals surface area contributed by atoms with E-state index in [9.17, 15) is 13.2 Å². The Morgan fingerprint density at radius 2 is 1.79 bits per heavy atom. The summed E-state index contributed by atoms with van der Waals surface area (Å²) in [5.74, 6) is 5.76. The smallest absolute Gasteiger partial charge is 0.416 e. The molecule has 0 radical (unpaired) electrons. The maximum Gasteiger partial charge on any atom is 0.416 e. The van der Waals surface area contributed by atoms with Crippen LogP contribution >= 0.6 is 0 Å². The quantitative estimate of drug-likeness (QED) is 0.290. The van der Waals surface area contributed by atoms with Gasteiger partial charge in [-0.2, -0.15) is 13.2 Å². The minimum absolute atomic E-state index is 0.106. The van der Waals surface area contributed by atoms with Crippen molar-refractivity contribution in [2.24, 2.45) is 16.7 Å². The minimum atomic E-state index is -4.39. The van der Waals surface area contributed by atoms with E-state index in [4.69, 9.17) is 16.3 Å². The highest BCUT2D eigenvalue weighted by Crippen LogP contribution is 2.31. The molecule has 0 atom stereocenters. The van der Waals surface area contributed by atoms with Crippen LogP contribution in [0.1, 0.15) is 11.1 Å². The molecule has 0 amide bonds. The van der Waals surface area contributed by atoms with Crippen molar-refractivity contribution >= 4 is 17.2 Å². The van der Waals surface area contributed by atoms with Gasteiger partial charge in [-0.05, 0) is 36.4 Å². The molecule has 0 heterocycles. The van der Waals surface area contributed by atoms with Crippen LogP contribution in [0.5, 0.6) is 5.75 Å². The highest BCUT2D eigenvalue weighted by molar-refractivity contribution is 6.03. The third-order valence-electron chi connectivity index (χ3n) is 3.18. The molecule has 6 N–H and O–H groups in total. The van der Waals surface area contributed by atoms with Crippen LogP contribution in [-0.2, 0) is 6.18 Å². The maximum atomic E-state index is 12.6. The zero-order valence-corrected chi connectivity index (χ0v) is 12.7. The first kappa shape index (κ1) is 17.4. The molecule has 0 aliphatic rings. The first-order chi connectivity index (χ1) is 11.3. The third-order valence-corrected chi connectivity index (χ3v) is 3.18. The number of hydrogen-bond donors (Lipinski definition) is 4. The summed E-state index contributed by atoms with van der Waals surface area (Å²) in [4.78, 5) is 0. The van der Waals surface area contributed by atoms with Crippen molar-refractivity contribution in [3.8, 4) is 5.75 Å². The molecular formula is C15H16F3N5O. The number of nitrogens with two attached hydrogens (primary N) is 2. The van der Waals surface area contributed by atoms with Gasteiger partial charge in [-0.25, -0.2) is 11.4 Å². The second-order valence-electron chi connectivity index (χ2n) is 4.74. The number of ether oxygens (including phenoxy) is 1. The van der Waals surface area contributed by atoms with Crippen molar-refractivity contribution < 1.29 is 17.9 Å². The molecule has 0 saturated carbocycles. The summed E-state index contributed by atoms with van der Waals surface area (Å²) >= 11 is 0. The lowest BCUT2D eigenvalue weighted by Gasteiger charge is -2.14. The van der Waals surface area contributed by atoms with E-state index in [0.717, 1.165) is 12.1 Å². The van der Waals surface area contributed by atoms with Crippen molar-refractivity contribution in [3.05, 3.63) is 53.6 Å². The lowest BCUT2D eigenvalue weighted by atomic mass is 10.1. The van der Waals surface area contributed by atoms with Gasteiger partial charge in [0, 0.05) is 17.3 Å². The van der Waals surface area contributed by atoms with Crippen LogP contribution in [0.2, 0.25) is 0 Å². The maximum absolute atomic E-state index is 12.6. The molecule has 0 unspecified atom stereocenters. The zero-order chi connectivity index (χ0) is 17.7. The van der Waals surface area contributed by atoms with Gasteiger partial charge in [0.05, 0.1) is 18.4 Å². The fourth-order valence-electron chi connectivity index (χ4n) is 2.00. The fourth-order valence-corrected chi connectivity index (χ4v) is 2.00. The SMILES string of the molecule is COc1ccc(/C(N)=N/NN)c(Nc2ccc(C(F)(F)F)cc2)c1. The normalized spacial score (nSPS) is 12.0. The van der Waals surface area contributed by atoms with E-state index in [1.165, 1.54) is 19.2 Å². The first-order valence-corrected chi connectivity index (χ1v) is 6.76. The van der Waals surface area contributed by atoms with Crippen LogP contribution in [0.4, 0.5) is 24.5 Å². The average Bonchev–Trinajstić information content (AvgIpc) is 2.54. The number of methoxy groups -OCH3 is 1. The molecule has 0 aromatic heterocycles. The molecule has 2 aromatic carbocycles. The second kappa shape index (κ2) is 7.09. The van der Waals surface area contributed by atoms with E-state index in [-0.39, 0.29) is 5.84 Å². The van der Waals surface area contributed by atoms with Crippen LogP contribution in [0.3, 0.4) is 0 Å². The number of anilines is 2. The summed E-state index contributed by atoms with van der Waals surface area (Å²) in [6.07, 6.45) is -4.39. The molecule has 0 saturated heterocycles. The highest BCUT2D eigenvalue weighted by Gasteiger charge is 2.29. The number of hydrazine groups is 1. The summed E-state index contributed by atoms with van der Waals surface area (Å²) in [5, 5.41) is 6.68. The van der Waals surface area contributed by atoms with Crippen molar-refractivity contribution in [1.29, 1.82) is 0 Å². The molecule has 2 rings (SSSR count). The molecule has 0 spiro atoms. The molecule has 128 valence electrons. The van der Waals surface area contributed by atoms with Crippen molar-refractivity contribution in [2.45, 2.75) is 6.18 Å². The van der Waals surface area contributed by atoms with Crippen LogP contribution in [0, 0.1) is 0 Å². The minimum Gasteiger partial charge on any atom is -0.497 e. The summed E-state index contributed by atoms with van der Waals surface area (Å²) < 4.78 is 43.0. The number of amidine groups is 1. The Morgan fingerprint density at radius 1 is 1.12 bits per heavy atom. The fraction of sp³-hybridized carbons (Fsp3) is 0.133. The van der Waals surface area contributed by atoms with E-state index in [0.29, 0.717) is 22.7 Å². The molecule has 0 bridgehead atoms. The van der Waals surface area contributed by atoms with Gasteiger partial charge in [0.25, 0.3) is 0 Å². The van der Waals surface area contributed by atoms with Gasteiger partial charge in [-0.1, -0.05) is 0 Å². The Hall–Kier alpha value is -2.94. The molecule has 24 heavy (non-hydrogen) atoms. The molecule has 0 fully saturated rings. The Kier molecular flexibility index (Phi) is 5.14. The van der Waals surface area contributed by atoms with E-state index < -0.39 is 11.7 Å². The topological polar surface area (TPSA) is 97.7 Å². The molecule has 0 aliphatic carbocycles. The predicted octanol–water partition coefficient (Wildman–Crippen LogP) is 2.54. The van der Waals surface area contributed by atoms with E-state index in [1.54, 1.807) is 18.2 Å². The number of benzene rings is 2. The molecule has 2 aromatic rings. The lowest BCUT2D eigenvalue weighted by molar-refractivity contribution is -0.137. The molecular weight excluding hydrogens is 323 g/mol. The second-order valence-corrected chi connectivity index (χ2v) is 4.74. The van der Waals surface area contributed by atoms with Crippen molar-refractivity contribution in [2.75, 3.05) is 12.4 Å². The van der Waals surface area contributed by atoms with Crippen LogP contribution in [0.15, 0.2) is 47.6 Å². The Morgan fingerprint density at radius 3 is 2.33 bits per heavy atom. The molecule has 0 aliphatic heterocycles.